The molecule has 0 heterocycles. The third-order valence-electron chi connectivity index (χ3n) is 4.47. The highest BCUT2D eigenvalue weighted by Crippen LogP contribution is 2.14. The molecule has 0 N–H and O–H groups in total. The molecule has 20 heavy (non-hydrogen) atoms. The normalized spacial score (nSPS) is 13.4. The van der Waals surface area contributed by atoms with Gasteiger partial charge in [0.1, 0.15) is 5.78 Å². The number of carbonyl (C=O) groups excluding carboxylic acids is 1. The molecule has 0 rings (SSSR count). The average molecular weight is 285 g/mol. The second kappa shape index (κ2) is 11.3. The van der Waals surface area contributed by atoms with Crippen LogP contribution in [-0.4, -0.2) is 37.5 Å². The lowest BCUT2D eigenvalue weighted by atomic mass is 10.0. The number of rotatable bonds is 13. The number of quaternary nitrogens is 1. The van der Waals surface area contributed by atoms with E-state index in [9.17, 15) is 4.79 Å². The third kappa shape index (κ3) is 12.7. The summed E-state index contributed by atoms with van der Waals surface area (Å²) in [5.41, 5.74) is 0. The zero-order valence-electron chi connectivity index (χ0n) is 14.7. The minimum Gasteiger partial charge on any atom is -0.329 e. The van der Waals surface area contributed by atoms with Gasteiger partial charge in [-0.25, -0.2) is 0 Å². The molecule has 1 atom stereocenters. The lowest BCUT2D eigenvalue weighted by molar-refractivity contribution is -0.894. The molecule has 0 aliphatic rings. The third-order valence-corrected chi connectivity index (χ3v) is 4.47. The molecule has 0 saturated heterocycles. The monoisotopic (exact) mass is 284 g/mol. The van der Waals surface area contributed by atoms with Crippen LogP contribution in [0.1, 0.15) is 84.5 Å². The summed E-state index contributed by atoms with van der Waals surface area (Å²) in [6.07, 6.45) is 14.1. The number of carbonyl (C=O) groups is 1. The summed E-state index contributed by atoms with van der Waals surface area (Å²) >= 11 is 0. The summed E-state index contributed by atoms with van der Waals surface area (Å²) < 4.78 is 1.08. The van der Waals surface area contributed by atoms with E-state index in [0.717, 1.165) is 23.4 Å². The summed E-state index contributed by atoms with van der Waals surface area (Å²) in [6.45, 7) is 4.06. The molecule has 0 bridgehead atoms. The van der Waals surface area contributed by atoms with Gasteiger partial charge in [-0.3, -0.25) is 0 Å². The van der Waals surface area contributed by atoms with Crippen LogP contribution in [0.15, 0.2) is 0 Å². The van der Waals surface area contributed by atoms with Gasteiger partial charge in [-0.15, -0.1) is 0 Å². The molecule has 0 aromatic heterocycles. The molecule has 2 nitrogen and oxygen atoms in total. The first kappa shape index (κ1) is 19.6. The van der Waals surface area contributed by atoms with Crippen molar-refractivity contribution in [3.05, 3.63) is 0 Å². The van der Waals surface area contributed by atoms with E-state index in [4.69, 9.17) is 0 Å². The molecule has 0 saturated carbocycles. The Morgan fingerprint density at radius 1 is 0.800 bits per heavy atom. The van der Waals surface area contributed by atoms with Crippen LogP contribution in [0.4, 0.5) is 0 Å². The fraction of sp³-hybridized carbons (Fsp3) is 0.944. The van der Waals surface area contributed by atoms with Gasteiger partial charge in [-0.1, -0.05) is 44.9 Å². The lowest BCUT2D eigenvalue weighted by Crippen LogP contribution is -2.43. The highest BCUT2D eigenvalue weighted by atomic mass is 16.1. The first-order valence-corrected chi connectivity index (χ1v) is 8.64. The molecular formula is C18H38NO+. The van der Waals surface area contributed by atoms with E-state index in [0.29, 0.717) is 5.78 Å². The van der Waals surface area contributed by atoms with Gasteiger partial charge in [0.2, 0.25) is 0 Å². The molecule has 0 amide bonds. The van der Waals surface area contributed by atoms with Crippen molar-refractivity contribution in [1.29, 1.82) is 0 Å². The van der Waals surface area contributed by atoms with E-state index in [1.165, 1.54) is 57.8 Å². The predicted octanol–water partition coefficient (Wildman–Crippen LogP) is 4.96. The second-order valence-electron chi connectivity index (χ2n) is 7.39. The Balaban J connectivity index is 3.19. The minimum absolute atomic E-state index is 0.341. The Bertz CT molecular complexity index is 242. The molecule has 1 unspecified atom stereocenters. The largest absolute Gasteiger partial charge is 0.329 e. The van der Waals surface area contributed by atoms with Crippen LogP contribution in [0.5, 0.6) is 0 Å². The Hall–Kier alpha value is -0.370. The maximum atomic E-state index is 10.8. The maximum Gasteiger partial charge on any atom is 0.129 e. The van der Waals surface area contributed by atoms with Crippen molar-refractivity contribution < 1.29 is 9.28 Å². The van der Waals surface area contributed by atoms with Crippen LogP contribution in [0.3, 0.4) is 0 Å². The minimum atomic E-state index is 0.341. The molecule has 0 radical (unpaired) electrons. The van der Waals surface area contributed by atoms with Crippen LogP contribution in [0, 0.1) is 0 Å². The summed E-state index contributed by atoms with van der Waals surface area (Å²) in [6, 6.07) is 0.774. The van der Waals surface area contributed by atoms with Gasteiger partial charge < -0.3 is 9.28 Å². The van der Waals surface area contributed by atoms with E-state index in [1.807, 2.05) is 0 Å². The number of unbranched alkanes of at least 4 members (excludes halogenated alkanes) is 8. The lowest BCUT2D eigenvalue weighted by Gasteiger charge is -2.31. The van der Waals surface area contributed by atoms with Crippen molar-refractivity contribution in [3.8, 4) is 0 Å². The van der Waals surface area contributed by atoms with Crippen molar-refractivity contribution in [2.45, 2.75) is 90.5 Å². The average Bonchev–Trinajstić information content (AvgIpc) is 2.34. The van der Waals surface area contributed by atoms with E-state index in [-0.39, 0.29) is 0 Å². The first-order valence-electron chi connectivity index (χ1n) is 8.64. The molecule has 0 aromatic rings. The molecule has 120 valence electrons. The number of hydrogen-bond acceptors (Lipinski definition) is 1. The fourth-order valence-electron chi connectivity index (χ4n) is 2.44. The molecule has 2 heteroatoms. The van der Waals surface area contributed by atoms with Gasteiger partial charge in [0.15, 0.2) is 0 Å². The Labute approximate surface area is 127 Å². The predicted molar refractivity (Wildman–Crippen MR) is 89.0 cm³/mol. The van der Waals surface area contributed by atoms with Crippen LogP contribution in [0.25, 0.3) is 0 Å². The van der Waals surface area contributed by atoms with Gasteiger partial charge in [-0.2, -0.15) is 0 Å². The molecular weight excluding hydrogens is 246 g/mol. The van der Waals surface area contributed by atoms with E-state index < -0.39 is 0 Å². The molecule has 0 aliphatic heterocycles. The highest BCUT2D eigenvalue weighted by Gasteiger charge is 2.16. The van der Waals surface area contributed by atoms with E-state index in [2.05, 4.69) is 28.1 Å². The fourth-order valence-corrected chi connectivity index (χ4v) is 2.44. The van der Waals surface area contributed by atoms with E-state index >= 15 is 0 Å². The molecule has 0 aliphatic carbocycles. The van der Waals surface area contributed by atoms with Crippen LogP contribution < -0.4 is 0 Å². The van der Waals surface area contributed by atoms with Gasteiger partial charge in [0.05, 0.1) is 27.2 Å². The number of ketones is 1. The highest BCUT2D eigenvalue weighted by molar-refractivity contribution is 5.75. The van der Waals surface area contributed by atoms with Crippen molar-refractivity contribution in [3.63, 3.8) is 0 Å². The van der Waals surface area contributed by atoms with Crippen LogP contribution in [-0.2, 0) is 4.79 Å². The summed E-state index contributed by atoms with van der Waals surface area (Å²) in [5, 5.41) is 0. The smallest absolute Gasteiger partial charge is 0.129 e. The Kier molecular flexibility index (Phi) is 11.1. The maximum absolute atomic E-state index is 10.8. The second-order valence-corrected chi connectivity index (χ2v) is 7.39. The van der Waals surface area contributed by atoms with Crippen molar-refractivity contribution in [2.75, 3.05) is 21.1 Å². The molecule has 0 aromatic carbocycles. The summed E-state index contributed by atoms with van der Waals surface area (Å²) in [4.78, 5) is 10.8. The van der Waals surface area contributed by atoms with Gasteiger partial charge >= 0.3 is 0 Å². The standard InChI is InChI=1S/C18H38NO/c1-17(19(3,4)5)15-13-11-9-7-6-8-10-12-14-16-18(2)20/h17H,6-16H2,1-5H3/q+1. The number of nitrogens with zero attached hydrogens (tertiary/aromatic N) is 1. The SMILES string of the molecule is CC(=O)CCCCCCCCCCCC(C)[N+](C)(C)C. The number of hydrogen-bond donors (Lipinski definition) is 0. The zero-order chi connectivity index (χ0) is 15.4. The number of Topliss-reactive ketones (excluding diaryl/α,β-unsaturated/α-hetero) is 1. The zero-order valence-corrected chi connectivity index (χ0v) is 14.7. The molecule has 0 fully saturated rings. The summed E-state index contributed by atoms with van der Waals surface area (Å²) in [5.74, 6) is 0.341. The molecule has 0 spiro atoms. The van der Waals surface area contributed by atoms with E-state index in [1.54, 1.807) is 6.92 Å². The van der Waals surface area contributed by atoms with Crippen LogP contribution in [0.2, 0.25) is 0 Å². The summed E-state index contributed by atoms with van der Waals surface area (Å²) in [7, 11) is 6.87. The van der Waals surface area contributed by atoms with Crippen molar-refractivity contribution >= 4 is 5.78 Å². The Morgan fingerprint density at radius 2 is 1.20 bits per heavy atom. The van der Waals surface area contributed by atoms with Crippen molar-refractivity contribution in [2.24, 2.45) is 0 Å². The van der Waals surface area contributed by atoms with Gasteiger partial charge in [0, 0.05) is 6.42 Å². The van der Waals surface area contributed by atoms with Gasteiger partial charge in [-0.05, 0) is 33.1 Å². The van der Waals surface area contributed by atoms with Crippen molar-refractivity contribution in [1.82, 2.24) is 0 Å². The van der Waals surface area contributed by atoms with Gasteiger partial charge in [0.25, 0.3) is 0 Å². The van der Waals surface area contributed by atoms with Crippen LogP contribution >= 0.6 is 0 Å². The topological polar surface area (TPSA) is 17.1 Å². The quantitative estimate of drug-likeness (QED) is 0.345. The first-order chi connectivity index (χ1) is 9.34. The Morgan fingerprint density at radius 3 is 1.60 bits per heavy atom.